The number of aromatic nitrogens is 2. The normalized spacial score (nSPS) is 13.8. The van der Waals surface area contributed by atoms with Crippen molar-refractivity contribution in [3.8, 4) is 0 Å². The molecule has 2 heterocycles. The summed E-state index contributed by atoms with van der Waals surface area (Å²) in [5, 5.41) is 11.0. The highest BCUT2D eigenvalue weighted by atomic mass is 19.1. The fraction of sp³-hybridized carbons (Fsp3) is 0.407. The summed E-state index contributed by atoms with van der Waals surface area (Å²) in [5.74, 6) is -0.851. The van der Waals surface area contributed by atoms with Gasteiger partial charge < -0.3 is 15.1 Å². The Morgan fingerprint density at radius 3 is 2.47 bits per heavy atom. The first-order valence-electron chi connectivity index (χ1n) is 12.4. The van der Waals surface area contributed by atoms with Gasteiger partial charge in [-0.15, -0.1) is 0 Å². The molecule has 9 heteroatoms. The van der Waals surface area contributed by atoms with Crippen LogP contribution < -0.4 is 10.9 Å². The van der Waals surface area contributed by atoms with E-state index < -0.39 is 5.82 Å². The Morgan fingerprint density at radius 2 is 1.72 bits per heavy atom. The number of fused-ring (bicyclic) bond motifs is 1. The second kappa shape index (κ2) is 11.9. The molecule has 0 atom stereocenters. The van der Waals surface area contributed by atoms with Gasteiger partial charge in [-0.05, 0) is 50.2 Å². The minimum Gasteiger partial charge on any atom is -0.339 e. The molecule has 8 nitrogen and oxygen atoms in total. The van der Waals surface area contributed by atoms with Gasteiger partial charge in [0.25, 0.3) is 11.5 Å². The van der Waals surface area contributed by atoms with E-state index >= 15 is 0 Å². The van der Waals surface area contributed by atoms with Crippen LogP contribution in [-0.4, -0.2) is 71.6 Å². The first kappa shape index (κ1) is 25.5. The number of piperazine rings is 1. The van der Waals surface area contributed by atoms with E-state index in [1.54, 1.807) is 34.1 Å². The fourth-order valence-corrected chi connectivity index (χ4v) is 4.59. The molecule has 0 aliphatic carbocycles. The zero-order valence-corrected chi connectivity index (χ0v) is 20.6. The van der Waals surface area contributed by atoms with E-state index in [9.17, 15) is 18.8 Å². The maximum atomic E-state index is 14.7. The zero-order chi connectivity index (χ0) is 25.5. The molecule has 1 saturated heterocycles. The summed E-state index contributed by atoms with van der Waals surface area (Å²) in [4.78, 5) is 41.1. The van der Waals surface area contributed by atoms with Crippen LogP contribution in [0.1, 0.15) is 47.3 Å². The Hall–Kier alpha value is -3.59. The molecule has 2 amide bonds. The molecule has 2 N–H and O–H groups in total. The smallest absolute Gasteiger partial charge is 0.272 e. The van der Waals surface area contributed by atoms with Crippen molar-refractivity contribution >= 4 is 22.6 Å². The summed E-state index contributed by atoms with van der Waals surface area (Å²) < 4.78 is 14.7. The van der Waals surface area contributed by atoms with Crippen LogP contribution in [0, 0.1) is 5.82 Å². The first-order chi connectivity index (χ1) is 17.5. The van der Waals surface area contributed by atoms with Gasteiger partial charge in [-0.1, -0.05) is 30.7 Å². The van der Waals surface area contributed by atoms with Crippen LogP contribution in [0.5, 0.6) is 0 Å². The quantitative estimate of drug-likeness (QED) is 0.447. The van der Waals surface area contributed by atoms with Crippen LogP contribution in [0.3, 0.4) is 0 Å². The summed E-state index contributed by atoms with van der Waals surface area (Å²) in [5.41, 5.74) is 1.10. The molecule has 36 heavy (non-hydrogen) atoms. The first-order valence-corrected chi connectivity index (χ1v) is 12.4. The standard InChI is InChI=1S/C27H32FN5O3/c1-29-12-6-2-3-9-25(34)32-13-15-33(16-14-32)27(36)22-17-19(10-11-23(22)28)18-24-20-7-4-5-8-21(20)26(35)31-30-24/h4-5,7-8,10-11,17,29H,2-3,6,9,12-16,18H2,1H3,(H,31,35). The lowest BCUT2D eigenvalue weighted by molar-refractivity contribution is -0.132. The molecule has 0 radical (unpaired) electrons. The van der Waals surface area contributed by atoms with Crippen molar-refractivity contribution in [2.24, 2.45) is 0 Å². The molecule has 4 rings (SSSR count). The van der Waals surface area contributed by atoms with Gasteiger partial charge in [0, 0.05) is 44.4 Å². The molecular weight excluding hydrogens is 461 g/mol. The molecule has 0 unspecified atom stereocenters. The number of benzene rings is 2. The average Bonchev–Trinajstić information content (AvgIpc) is 2.91. The molecule has 3 aromatic rings. The molecular formula is C27H32FN5O3. The van der Waals surface area contributed by atoms with Crippen LogP contribution in [0.15, 0.2) is 47.3 Å². The molecule has 1 aliphatic rings. The molecule has 1 aromatic heterocycles. The predicted molar refractivity (Wildman–Crippen MR) is 136 cm³/mol. The van der Waals surface area contributed by atoms with Crippen LogP contribution >= 0.6 is 0 Å². The molecule has 2 aromatic carbocycles. The van der Waals surface area contributed by atoms with Gasteiger partial charge in [0.15, 0.2) is 0 Å². The van der Waals surface area contributed by atoms with Gasteiger partial charge in [0.1, 0.15) is 5.82 Å². The molecule has 0 spiro atoms. The van der Waals surface area contributed by atoms with Crippen molar-refractivity contribution in [3.63, 3.8) is 0 Å². The van der Waals surface area contributed by atoms with Crippen molar-refractivity contribution in [1.29, 1.82) is 0 Å². The van der Waals surface area contributed by atoms with Gasteiger partial charge in [-0.3, -0.25) is 14.4 Å². The highest BCUT2D eigenvalue weighted by Gasteiger charge is 2.26. The van der Waals surface area contributed by atoms with Gasteiger partial charge in [0.2, 0.25) is 5.91 Å². The number of aromatic amines is 1. The monoisotopic (exact) mass is 493 g/mol. The zero-order valence-electron chi connectivity index (χ0n) is 20.6. The number of carbonyl (C=O) groups is 2. The van der Waals surface area contributed by atoms with Crippen LogP contribution in [0.4, 0.5) is 4.39 Å². The Balaban J connectivity index is 1.39. The van der Waals surface area contributed by atoms with E-state index in [0.29, 0.717) is 50.1 Å². The van der Waals surface area contributed by atoms with E-state index in [-0.39, 0.29) is 22.9 Å². The van der Waals surface area contributed by atoms with Crippen molar-refractivity contribution in [3.05, 3.63) is 75.5 Å². The molecule has 0 saturated carbocycles. The summed E-state index contributed by atoms with van der Waals surface area (Å²) in [6, 6.07) is 11.7. The number of amides is 2. The number of nitrogens with zero attached hydrogens (tertiary/aromatic N) is 3. The summed E-state index contributed by atoms with van der Waals surface area (Å²) in [7, 11) is 1.92. The van der Waals surface area contributed by atoms with Gasteiger partial charge >= 0.3 is 0 Å². The Bertz CT molecular complexity index is 1280. The van der Waals surface area contributed by atoms with Gasteiger partial charge in [0.05, 0.1) is 16.6 Å². The second-order valence-corrected chi connectivity index (χ2v) is 9.12. The van der Waals surface area contributed by atoms with E-state index in [0.717, 1.165) is 36.8 Å². The minimum atomic E-state index is -0.580. The number of halogens is 1. The summed E-state index contributed by atoms with van der Waals surface area (Å²) in [6.45, 7) is 2.61. The maximum Gasteiger partial charge on any atom is 0.272 e. The lowest BCUT2D eigenvalue weighted by Crippen LogP contribution is -2.50. The van der Waals surface area contributed by atoms with Gasteiger partial charge in [-0.2, -0.15) is 5.10 Å². The van der Waals surface area contributed by atoms with Crippen molar-refractivity contribution in [2.45, 2.75) is 32.1 Å². The molecule has 1 aliphatic heterocycles. The van der Waals surface area contributed by atoms with Crippen LogP contribution in [0.25, 0.3) is 10.8 Å². The predicted octanol–water partition coefficient (Wildman–Crippen LogP) is 2.72. The lowest BCUT2D eigenvalue weighted by Gasteiger charge is -2.35. The third-order valence-electron chi connectivity index (χ3n) is 6.64. The molecule has 190 valence electrons. The van der Waals surface area contributed by atoms with Gasteiger partial charge in [-0.25, -0.2) is 9.49 Å². The Morgan fingerprint density at radius 1 is 1.00 bits per heavy atom. The van der Waals surface area contributed by atoms with Crippen molar-refractivity contribution in [1.82, 2.24) is 25.3 Å². The number of nitrogens with one attached hydrogen (secondary N) is 2. The fourth-order valence-electron chi connectivity index (χ4n) is 4.59. The summed E-state index contributed by atoms with van der Waals surface area (Å²) >= 11 is 0. The van der Waals surface area contributed by atoms with Crippen molar-refractivity contribution in [2.75, 3.05) is 39.8 Å². The van der Waals surface area contributed by atoms with Crippen molar-refractivity contribution < 1.29 is 14.0 Å². The van der Waals surface area contributed by atoms with E-state index in [1.165, 1.54) is 6.07 Å². The molecule has 0 bridgehead atoms. The van der Waals surface area contributed by atoms with E-state index in [4.69, 9.17) is 0 Å². The largest absolute Gasteiger partial charge is 0.339 e. The number of unbranched alkanes of at least 4 members (excludes halogenated alkanes) is 2. The Kier molecular flexibility index (Phi) is 8.43. The van der Waals surface area contributed by atoms with E-state index in [1.807, 2.05) is 19.2 Å². The number of rotatable bonds is 9. The number of carbonyl (C=O) groups excluding carboxylic acids is 2. The topological polar surface area (TPSA) is 98.4 Å². The van der Waals surface area contributed by atoms with Crippen LogP contribution in [-0.2, 0) is 11.2 Å². The Labute approximate surface area is 209 Å². The highest BCUT2D eigenvalue weighted by molar-refractivity contribution is 5.95. The SMILES string of the molecule is CNCCCCCC(=O)N1CCN(C(=O)c2cc(Cc3n[nH]c(=O)c4ccccc34)ccc2F)CC1. The average molecular weight is 494 g/mol. The minimum absolute atomic E-state index is 0.00513. The summed E-state index contributed by atoms with van der Waals surface area (Å²) in [6.07, 6.45) is 3.77. The molecule has 1 fully saturated rings. The number of hydrogen-bond donors (Lipinski definition) is 2. The third-order valence-corrected chi connectivity index (χ3v) is 6.64. The second-order valence-electron chi connectivity index (χ2n) is 9.12. The number of H-pyrrole nitrogens is 1. The maximum absolute atomic E-state index is 14.7. The third kappa shape index (κ3) is 5.96. The highest BCUT2D eigenvalue weighted by Crippen LogP contribution is 2.20. The lowest BCUT2D eigenvalue weighted by atomic mass is 10.0. The van der Waals surface area contributed by atoms with Crippen LogP contribution in [0.2, 0.25) is 0 Å². The number of hydrogen-bond acceptors (Lipinski definition) is 5. The van der Waals surface area contributed by atoms with E-state index in [2.05, 4.69) is 15.5 Å².